The molecule has 0 aromatic rings. The molecule has 2 unspecified atom stereocenters. The van der Waals surface area contributed by atoms with Crippen LogP contribution in [0.2, 0.25) is 0 Å². The Morgan fingerprint density at radius 3 is 2.80 bits per heavy atom. The van der Waals surface area contributed by atoms with Gasteiger partial charge in [-0.1, -0.05) is 18.7 Å². The summed E-state index contributed by atoms with van der Waals surface area (Å²) in [6, 6.07) is 0.587. The molecular formula is C11H20N2S2. The Morgan fingerprint density at radius 2 is 2.27 bits per heavy atom. The van der Waals surface area contributed by atoms with E-state index in [9.17, 15) is 0 Å². The lowest BCUT2D eigenvalue weighted by Gasteiger charge is -2.27. The first-order chi connectivity index (χ1) is 7.13. The number of hydrogen-bond acceptors (Lipinski definition) is 3. The van der Waals surface area contributed by atoms with Crippen LogP contribution in [-0.2, 0) is 0 Å². The van der Waals surface area contributed by atoms with Gasteiger partial charge in [-0.25, -0.2) is 0 Å². The van der Waals surface area contributed by atoms with E-state index in [4.69, 9.17) is 4.99 Å². The van der Waals surface area contributed by atoms with Crippen LogP contribution in [0.4, 0.5) is 0 Å². The van der Waals surface area contributed by atoms with E-state index in [1.165, 1.54) is 24.4 Å². The lowest BCUT2D eigenvalue weighted by atomic mass is 10.2. The molecule has 2 atom stereocenters. The molecule has 2 aliphatic rings. The minimum Gasteiger partial charge on any atom is -0.362 e. The smallest absolute Gasteiger partial charge is 0.157 e. The zero-order valence-corrected chi connectivity index (χ0v) is 11.4. The molecule has 1 aliphatic carbocycles. The fourth-order valence-corrected chi connectivity index (χ4v) is 3.78. The van der Waals surface area contributed by atoms with Crippen LogP contribution >= 0.6 is 23.5 Å². The van der Waals surface area contributed by atoms with Gasteiger partial charge in [0.2, 0.25) is 0 Å². The normalized spacial score (nSPS) is 36.3. The summed E-state index contributed by atoms with van der Waals surface area (Å²) in [6.07, 6.45) is 6.15. The van der Waals surface area contributed by atoms with E-state index in [1.807, 2.05) is 23.5 Å². The van der Waals surface area contributed by atoms with Crippen molar-refractivity contribution in [3.05, 3.63) is 0 Å². The Labute approximate surface area is 101 Å². The van der Waals surface area contributed by atoms with Crippen molar-refractivity contribution in [1.82, 2.24) is 5.32 Å². The van der Waals surface area contributed by atoms with E-state index in [0.717, 1.165) is 6.54 Å². The third kappa shape index (κ3) is 3.06. The molecule has 86 valence electrons. The van der Waals surface area contributed by atoms with Crippen molar-refractivity contribution < 1.29 is 0 Å². The average molecular weight is 244 g/mol. The van der Waals surface area contributed by atoms with Crippen LogP contribution < -0.4 is 5.32 Å². The van der Waals surface area contributed by atoms with Gasteiger partial charge in [-0.05, 0) is 32.4 Å². The monoisotopic (exact) mass is 244 g/mol. The van der Waals surface area contributed by atoms with Crippen molar-refractivity contribution in [1.29, 1.82) is 0 Å². The fourth-order valence-electron chi connectivity index (χ4n) is 1.91. The second-order valence-electron chi connectivity index (χ2n) is 4.72. The average Bonchev–Trinajstić information content (AvgIpc) is 2.94. The van der Waals surface area contributed by atoms with Gasteiger partial charge in [0.15, 0.2) is 5.17 Å². The summed E-state index contributed by atoms with van der Waals surface area (Å²) in [5, 5.41) is 5.36. The van der Waals surface area contributed by atoms with Crippen LogP contribution in [0.5, 0.6) is 0 Å². The predicted molar refractivity (Wildman–Crippen MR) is 72.0 cm³/mol. The van der Waals surface area contributed by atoms with Gasteiger partial charge < -0.3 is 5.32 Å². The quantitative estimate of drug-likeness (QED) is 0.826. The van der Waals surface area contributed by atoms with E-state index >= 15 is 0 Å². The maximum atomic E-state index is 4.74. The van der Waals surface area contributed by atoms with Gasteiger partial charge in [0, 0.05) is 16.0 Å². The highest BCUT2D eigenvalue weighted by Crippen LogP contribution is 2.47. The third-order valence-electron chi connectivity index (χ3n) is 3.12. The molecule has 1 heterocycles. The summed E-state index contributed by atoms with van der Waals surface area (Å²) in [6.45, 7) is 5.54. The second kappa shape index (κ2) is 4.58. The molecule has 0 aromatic heterocycles. The minimum absolute atomic E-state index is 0.499. The number of thioether (sulfide) groups is 2. The van der Waals surface area contributed by atoms with Gasteiger partial charge in [0.05, 0.1) is 6.54 Å². The third-order valence-corrected chi connectivity index (χ3v) is 5.59. The molecule has 15 heavy (non-hydrogen) atoms. The van der Waals surface area contributed by atoms with Crippen molar-refractivity contribution in [2.24, 2.45) is 4.99 Å². The number of hydrogen-bond donors (Lipinski definition) is 1. The van der Waals surface area contributed by atoms with Gasteiger partial charge >= 0.3 is 0 Å². The zero-order chi connectivity index (χ0) is 10.9. The lowest BCUT2D eigenvalue weighted by Crippen LogP contribution is -2.38. The first-order valence-electron chi connectivity index (χ1n) is 5.66. The maximum absolute atomic E-state index is 4.74. The molecule has 0 bridgehead atoms. The zero-order valence-electron chi connectivity index (χ0n) is 9.75. The fraction of sp³-hybridized carbons (Fsp3) is 0.909. The molecule has 2 rings (SSSR count). The van der Waals surface area contributed by atoms with Crippen LogP contribution in [0.3, 0.4) is 0 Å². The Balaban J connectivity index is 1.89. The molecule has 2 nitrogen and oxygen atoms in total. The van der Waals surface area contributed by atoms with Crippen LogP contribution in [0.25, 0.3) is 0 Å². The van der Waals surface area contributed by atoms with Crippen LogP contribution in [0, 0.1) is 0 Å². The molecule has 1 saturated heterocycles. The number of aliphatic imine (C=N–C) groups is 1. The summed E-state index contributed by atoms with van der Waals surface area (Å²) in [7, 11) is 0. The maximum Gasteiger partial charge on any atom is 0.157 e. The topological polar surface area (TPSA) is 24.4 Å². The van der Waals surface area contributed by atoms with Crippen molar-refractivity contribution in [3.8, 4) is 0 Å². The van der Waals surface area contributed by atoms with Crippen LogP contribution in [-0.4, -0.2) is 34.0 Å². The molecule has 0 aromatic carbocycles. The van der Waals surface area contributed by atoms with Gasteiger partial charge in [0.1, 0.15) is 0 Å². The summed E-state index contributed by atoms with van der Waals surface area (Å²) in [5.41, 5.74) is 0. The van der Waals surface area contributed by atoms with Crippen LogP contribution in [0.15, 0.2) is 4.99 Å². The lowest BCUT2D eigenvalue weighted by molar-refractivity contribution is 0.597. The number of nitrogens with one attached hydrogen (secondary N) is 1. The molecule has 2 fully saturated rings. The first-order valence-corrected chi connectivity index (χ1v) is 7.77. The molecule has 1 saturated carbocycles. The first kappa shape index (κ1) is 11.6. The minimum atomic E-state index is 0.499. The van der Waals surface area contributed by atoms with Crippen molar-refractivity contribution in [2.75, 3.05) is 12.8 Å². The molecule has 0 radical (unpaired) electrons. The van der Waals surface area contributed by atoms with E-state index in [-0.39, 0.29) is 0 Å². The summed E-state index contributed by atoms with van der Waals surface area (Å²) in [5.74, 6) is 0. The van der Waals surface area contributed by atoms with Gasteiger partial charge in [-0.15, -0.1) is 0 Å². The SMILES string of the molecule is CSC1(CN=C2NC(C)CC(C)S2)CC1. The van der Waals surface area contributed by atoms with Gasteiger partial charge in [-0.3, -0.25) is 4.99 Å². The van der Waals surface area contributed by atoms with Crippen molar-refractivity contribution >= 4 is 28.7 Å². The Bertz CT molecular complexity index is 249. The number of rotatable bonds is 3. The Hall–Kier alpha value is 0.170. The second-order valence-corrected chi connectivity index (χ2v) is 7.42. The highest BCUT2D eigenvalue weighted by molar-refractivity contribution is 8.14. The van der Waals surface area contributed by atoms with Crippen LogP contribution in [0.1, 0.15) is 33.1 Å². The molecular weight excluding hydrogens is 224 g/mol. The highest BCUT2D eigenvalue weighted by atomic mass is 32.2. The van der Waals surface area contributed by atoms with E-state index in [2.05, 4.69) is 25.4 Å². The molecule has 1 N–H and O–H groups in total. The number of amidine groups is 1. The molecule has 0 amide bonds. The Kier molecular flexibility index (Phi) is 3.56. The summed E-state index contributed by atoms with van der Waals surface area (Å²) >= 11 is 3.88. The summed E-state index contributed by atoms with van der Waals surface area (Å²) < 4.78 is 0.499. The van der Waals surface area contributed by atoms with Gasteiger partial charge in [-0.2, -0.15) is 11.8 Å². The molecule has 1 aliphatic heterocycles. The molecule has 0 spiro atoms. The Morgan fingerprint density at radius 1 is 1.53 bits per heavy atom. The number of nitrogens with zero attached hydrogens (tertiary/aromatic N) is 1. The molecule has 4 heteroatoms. The standard InChI is InChI=1S/C11H20N2S2/c1-8-6-9(2)15-10(13-8)12-7-11(14-3)4-5-11/h8-9H,4-7H2,1-3H3,(H,12,13). The van der Waals surface area contributed by atoms with E-state index < -0.39 is 0 Å². The van der Waals surface area contributed by atoms with Crippen molar-refractivity contribution in [3.63, 3.8) is 0 Å². The van der Waals surface area contributed by atoms with Crippen molar-refractivity contribution in [2.45, 2.75) is 49.1 Å². The van der Waals surface area contributed by atoms with E-state index in [1.54, 1.807) is 0 Å². The van der Waals surface area contributed by atoms with Gasteiger partial charge in [0.25, 0.3) is 0 Å². The van der Waals surface area contributed by atoms with E-state index in [0.29, 0.717) is 16.0 Å². The highest BCUT2D eigenvalue weighted by Gasteiger charge is 2.41. The predicted octanol–water partition coefficient (Wildman–Crippen LogP) is 2.74. The summed E-state index contributed by atoms with van der Waals surface area (Å²) in [4.78, 5) is 4.74. The largest absolute Gasteiger partial charge is 0.362 e.